The molecule has 0 atom stereocenters. The lowest BCUT2D eigenvalue weighted by Gasteiger charge is -2.37. The first kappa shape index (κ1) is 17.0. The molecule has 2 fully saturated rings. The zero-order chi connectivity index (χ0) is 16.3. The van der Waals surface area contributed by atoms with E-state index in [1.54, 1.807) is 18.2 Å². The van der Waals surface area contributed by atoms with Gasteiger partial charge in [-0.1, -0.05) is 29.3 Å². The predicted octanol–water partition coefficient (Wildman–Crippen LogP) is 2.56. The Bertz CT molecular complexity index is 546. The number of hydrogen-bond acceptors (Lipinski definition) is 4. The zero-order valence-corrected chi connectivity index (χ0v) is 14.3. The molecular weight excluding hydrogens is 339 g/mol. The lowest BCUT2D eigenvalue weighted by atomic mass is 10.0. The quantitative estimate of drug-likeness (QED) is 0.898. The van der Waals surface area contributed by atoms with Gasteiger partial charge in [0.2, 0.25) is 0 Å². The number of carbonyl (C=O) groups excluding carboxylic acids is 1. The Morgan fingerprint density at radius 2 is 1.78 bits per heavy atom. The number of amides is 1. The molecule has 7 heteroatoms. The van der Waals surface area contributed by atoms with Crippen molar-refractivity contribution >= 4 is 29.1 Å². The molecule has 0 aliphatic carbocycles. The van der Waals surface area contributed by atoms with Crippen LogP contribution in [0, 0.1) is 0 Å². The van der Waals surface area contributed by atoms with Gasteiger partial charge in [0.05, 0.1) is 28.8 Å². The maximum atomic E-state index is 12.2. The fourth-order valence-corrected chi connectivity index (χ4v) is 3.60. The van der Waals surface area contributed by atoms with Gasteiger partial charge in [0.1, 0.15) is 0 Å². The smallest absolute Gasteiger partial charge is 0.254 e. The van der Waals surface area contributed by atoms with Crippen LogP contribution in [0.5, 0.6) is 0 Å². The Morgan fingerprint density at radius 3 is 2.39 bits per heavy atom. The summed E-state index contributed by atoms with van der Waals surface area (Å²) in [5, 5.41) is 3.61. The van der Waals surface area contributed by atoms with E-state index in [0.29, 0.717) is 35.4 Å². The molecule has 1 spiro atoms. The molecule has 1 amide bonds. The van der Waals surface area contributed by atoms with Crippen molar-refractivity contribution in [2.24, 2.45) is 0 Å². The second kappa shape index (κ2) is 7.36. The first-order chi connectivity index (χ1) is 11.1. The van der Waals surface area contributed by atoms with Crippen LogP contribution in [0.4, 0.5) is 0 Å². The molecule has 0 bridgehead atoms. The van der Waals surface area contributed by atoms with Crippen molar-refractivity contribution in [3.8, 4) is 0 Å². The van der Waals surface area contributed by atoms with Crippen LogP contribution in [0.15, 0.2) is 18.2 Å². The van der Waals surface area contributed by atoms with Crippen molar-refractivity contribution in [3.05, 3.63) is 33.8 Å². The summed E-state index contributed by atoms with van der Waals surface area (Å²) in [5.41, 5.74) is 0.334. The largest absolute Gasteiger partial charge is 0.351 e. The van der Waals surface area contributed by atoms with Crippen LogP contribution in [0.3, 0.4) is 0 Å². The molecule has 0 radical (unpaired) electrons. The topological polar surface area (TPSA) is 50.8 Å². The molecule has 0 saturated carbocycles. The number of carbonyl (C=O) groups is 1. The molecule has 2 saturated heterocycles. The first-order valence-corrected chi connectivity index (χ1v) is 8.58. The van der Waals surface area contributed by atoms with E-state index >= 15 is 0 Å². The third-order valence-corrected chi connectivity index (χ3v) is 4.96. The summed E-state index contributed by atoms with van der Waals surface area (Å²) < 4.78 is 11.4. The van der Waals surface area contributed by atoms with Gasteiger partial charge in [0.15, 0.2) is 5.79 Å². The molecule has 1 N–H and O–H groups in total. The van der Waals surface area contributed by atoms with Crippen molar-refractivity contribution in [2.45, 2.75) is 18.6 Å². The van der Waals surface area contributed by atoms with E-state index in [-0.39, 0.29) is 11.7 Å². The molecule has 0 unspecified atom stereocenters. The van der Waals surface area contributed by atoms with Gasteiger partial charge in [0.25, 0.3) is 5.91 Å². The monoisotopic (exact) mass is 358 g/mol. The van der Waals surface area contributed by atoms with Gasteiger partial charge in [-0.05, 0) is 12.1 Å². The first-order valence-electron chi connectivity index (χ1n) is 7.82. The van der Waals surface area contributed by atoms with Gasteiger partial charge in [-0.25, -0.2) is 0 Å². The van der Waals surface area contributed by atoms with E-state index < -0.39 is 0 Å². The SMILES string of the molecule is O=C(NCCN1CCC2(CC1)OCCO2)c1c(Cl)cccc1Cl. The molecule has 5 nitrogen and oxygen atoms in total. The summed E-state index contributed by atoms with van der Waals surface area (Å²) >= 11 is 12.1. The molecule has 0 aromatic heterocycles. The lowest BCUT2D eigenvalue weighted by molar-refractivity contribution is -0.185. The maximum Gasteiger partial charge on any atom is 0.254 e. The Balaban J connectivity index is 1.44. The molecular formula is C16H20Cl2N2O3. The highest BCUT2D eigenvalue weighted by Crippen LogP contribution is 2.31. The van der Waals surface area contributed by atoms with Crippen LogP contribution < -0.4 is 5.32 Å². The van der Waals surface area contributed by atoms with Crippen molar-refractivity contribution < 1.29 is 14.3 Å². The van der Waals surface area contributed by atoms with Gasteiger partial charge >= 0.3 is 0 Å². The van der Waals surface area contributed by atoms with Crippen molar-refractivity contribution in [3.63, 3.8) is 0 Å². The minimum Gasteiger partial charge on any atom is -0.351 e. The van der Waals surface area contributed by atoms with Gasteiger partial charge < -0.3 is 19.7 Å². The number of piperidine rings is 1. The lowest BCUT2D eigenvalue weighted by Crippen LogP contribution is -2.47. The van der Waals surface area contributed by atoms with Gasteiger partial charge in [-0.15, -0.1) is 0 Å². The Labute approximate surface area is 145 Å². The second-order valence-electron chi connectivity index (χ2n) is 5.80. The van der Waals surface area contributed by atoms with Crippen molar-refractivity contribution in [1.29, 1.82) is 0 Å². The molecule has 3 rings (SSSR count). The highest BCUT2D eigenvalue weighted by atomic mass is 35.5. The van der Waals surface area contributed by atoms with Gasteiger partial charge in [-0.2, -0.15) is 0 Å². The van der Waals surface area contributed by atoms with E-state index in [2.05, 4.69) is 10.2 Å². The summed E-state index contributed by atoms with van der Waals surface area (Å²) in [6.45, 7) is 4.52. The average Bonchev–Trinajstić information content (AvgIpc) is 2.98. The fraction of sp³-hybridized carbons (Fsp3) is 0.562. The minimum atomic E-state index is -0.356. The summed E-state index contributed by atoms with van der Waals surface area (Å²) in [4.78, 5) is 14.5. The van der Waals surface area contributed by atoms with Crippen LogP contribution in [-0.2, 0) is 9.47 Å². The van der Waals surface area contributed by atoms with Crippen LogP contribution >= 0.6 is 23.2 Å². The standard InChI is InChI=1S/C16H20Cl2N2O3/c17-12-2-1-3-13(18)14(12)15(21)19-6-9-20-7-4-16(5-8-20)22-10-11-23-16/h1-3H,4-11H2,(H,19,21). The number of ether oxygens (including phenoxy) is 2. The van der Waals surface area contributed by atoms with E-state index in [1.165, 1.54) is 0 Å². The summed E-state index contributed by atoms with van der Waals surface area (Å²) in [6, 6.07) is 5.04. The maximum absolute atomic E-state index is 12.2. The van der Waals surface area contributed by atoms with E-state index in [9.17, 15) is 4.79 Å². The summed E-state index contributed by atoms with van der Waals surface area (Å²) in [7, 11) is 0. The Hall–Kier alpha value is -0.850. The highest BCUT2D eigenvalue weighted by molar-refractivity contribution is 6.39. The summed E-state index contributed by atoms with van der Waals surface area (Å²) in [5.74, 6) is -0.596. The molecule has 1 aromatic carbocycles. The molecule has 126 valence electrons. The Morgan fingerprint density at radius 1 is 1.17 bits per heavy atom. The number of nitrogens with zero attached hydrogens (tertiary/aromatic N) is 1. The summed E-state index contributed by atoms with van der Waals surface area (Å²) in [6.07, 6.45) is 1.74. The third kappa shape index (κ3) is 3.98. The number of halogens is 2. The normalized spacial score (nSPS) is 20.8. The molecule has 1 aromatic rings. The average molecular weight is 359 g/mol. The van der Waals surface area contributed by atoms with Gasteiger partial charge in [-0.3, -0.25) is 4.79 Å². The van der Waals surface area contributed by atoms with Crippen LogP contribution in [0.25, 0.3) is 0 Å². The number of rotatable bonds is 4. The fourth-order valence-electron chi connectivity index (χ4n) is 3.03. The van der Waals surface area contributed by atoms with E-state index in [1.807, 2.05) is 0 Å². The van der Waals surface area contributed by atoms with Crippen LogP contribution in [0.1, 0.15) is 23.2 Å². The predicted molar refractivity (Wildman–Crippen MR) is 89.1 cm³/mol. The number of hydrogen-bond donors (Lipinski definition) is 1. The molecule has 23 heavy (non-hydrogen) atoms. The highest BCUT2D eigenvalue weighted by Gasteiger charge is 2.39. The minimum absolute atomic E-state index is 0.239. The molecule has 2 aliphatic heterocycles. The Kier molecular flexibility index (Phi) is 5.44. The number of benzene rings is 1. The number of likely N-dealkylation sites (tertiary alicyclic amines) is 1. The second-order valence-corrected chi connectivity index (χ2v) is 6.62. The van der Waals surface area contributed by atoms with E-state index in [4.69, 9.17) is 32.7 Å². The van der Waals surface area contributed by atoms with Crippen molar-refractivity contribution in [1.82, 2.24) is 10.2 Å². The molecule has 2 aliphatic rings. The zero-order valence-electron chi connectivity index (χ0n) is 12.8. The third-order valence-electron chi connectivity index (χ3n) is 4.33. The molecule has 2 heterocycles. The van der Waals surface area contributed by atoms with Crippen LogP contribution in [-0.4, -0.2) is 56.0 Å². The van der Waals surface area contributed by atoms with Crippen LogP contribution in [0.2, 0.25) is 10.0 Å². The van der Waals surface area contributed by atoms with E-state index in [0.717, 1.165) is 32.5 Å². The van der Waals surface area contributed by atoms with Crippen molar-refractivity contribution in [2.75, 3.05) is 39.4 Å². The number of nitrogens with one attached hydrogen (secondary N) is 1. The van der Waals surface area contributed by atoms with Gasteiger partial charge in [0, 0.05) is 39.0 Å².